The molecule has 0 heterocycles. The van der Waals surface area contributed by atoms with Crippen LogP contribution in [-0.4, -0.2) is 12.9 Å². The van der Waals surface area contributed by atoms with Crippen LogP contribution in [0.5, 0.6) is 0 Å². The van der Waals surface area contributed by atoms with Gasteiger partial charge < -0.3 is 5.43 Å². The quantitative estimate of drug-likeness (QED) is 0.496. The molecule has 1 rings (SSSR count). The number of benzene rings is 1. The molecule has 2 heteroatoms. The van der Waals surface area contributed by atoms with Gasteiger partial charge in [-0.2, -0.15) is 0 Å². The summed E-state index contributed by atoms with van der Waals surface area (Å²) in [5, 5.41) is 3.71. The molecule has 1 aromatic carbocycles. The van der Waals surface area contributed by atoms with Crippen LogP contribution in [0.2, 0.25) is 0 Å². The van der Waals surface area contributed by atoms with E-state index < -0.39 is 0 Å². The fraction of sp³-hybridized carbons (Fsp3) is 0.111. The lowest BCUT2D eigenvalue weighted by atomic mass is 10.2. The normalized spacial score (nSPS) is 8.09. The minimum absolute atomic E-state index is 1.10. The maximum atomic E-state index is 3.71. The first-order valence-corrected chi connectivity index (χ1v) is 3.44. The second-order valence-electron chi connectivity index (χ2n) is 2.02. The first-order chi connectivity index (χ1) is 5.43. The Morgan fingerprint density at radius 1 is 1.36 bits per heavy atom. The molecule has 0 aliphatic carbocycles. The van der Waals surface area contributed by atoms with Gasteiger partial charge in [-0.1, -0.05) is 30.3 Å². The molecule has 0 spiro atoms. The molecule has 0 bridgehead atoms. The molecule has 0 radical (unpaired) electrons. The van der Waals surface area contributed by atoms with E-state index in [9.17, 15) is 0 Å². The molecule has 0 aliphatic rings. The van der Waals surface area contributed by atoms with Gasteiger partial charge in [-0.15, -0.1) is 5.10 Å². The number of nitrogens with zero attached hydrogens (tertiary/aromatic N) is 1. The largest absolute Gasteiger partial charge is 0.305 e. The smallest absolute Gasteiger partial charge is 0.0224 e. The predicted octanol–water partition coefficient (Wildman–Crippen LogP) is 1.50. The lowest BCUT2D eigenvalue weighted by Crippen LogP contribution is -1.90. The summed E-state index contributed by atoms with van der Waals surface area (Å²) in [6.07, 6.45) is 1.82. The van der Waals surface area contributed by atoms with Crippen molar-refractivity contribution in [2.45, 2.75) is 0 Å². The average molecular weight is 146 g/mol. The Kier molecular flexibility index (Phi) is 2.97. The lowest BCUT2D eigenvalue weighted by Gasteiger charge is -1.85. The first kappa shape index (κ1) is 7.58. The lowest BCUT2D eigenvalue weighted by molar-refractivity contribution is 0.911. The van der Waals surface area contributed by atoms with Crippen LogP contribution in [0.3, 0.4) is 0 Å². The minimum Gasteiger partial charge on any atom is -0.305 e. The fourth-order valence-corrected chi connectivity index (χ4v) is 0.721. The summed E-state index contributed by atoms with van der Waals surface area (Å²) in [5.41, 5.74) is 3.72. The van der Waals surface area contributed by atoms with Crippen LogP contribution in [0.25, 0.3) is 6.08 Å². The Morgan fingerprint density at radius 2 is 2.09 bits per heavy atom. The first-order valence-electron chi connectivity index (χ1n) is 3.44. The summed E-state index contributed by atoms with van der Waals surface area (Å²) in [7, 11) is 1.74. The molecular formula is C9H10N2. The summed E-state index contributed by atoms with van der Waals surface area (Å²) >= 11 is 0. The minimum atomic E-state index is 1.10. The van der Waals surface area contributed by atoms with E-state index in [-0.39, 0.29) is 0 Å². The van der Waals surface area contributed by atoms with Gasteiger partial charge in [0.1, 0.15) is 0 Å². The van der Waals surface area contributed by atoms with Crippen LogP contribution in [-0.2, 0) is 0 Å². The van der Waals surface area contributed by atoms with E-state index >= 15 is 0 Å². The third-order valence-corrected chi connectivity index (χ3v) is 1.21. The predicted molar refractivity (Wildman–Crippen MR) is 47.4 cm³/mol. The highest BCUT2D eigenvalue weighted by Gasteiger charge is 1.78. The molecule has 1 aromatic rings. The summed E-state index contributed by atoms with van der Waals surface area (Å²) in [5.74, 6) is 2.74. The van der Waals surface area contributed by atoms with Crippen molar-refractivity contribution in [2.24, 2.45) is 5.10 Å². The molecule has 0 aromatic heterocycles. The van der Waals surface area contributed by atoms with E-state index in [2.05, 4.69) is 16.4 Å². The van der Waals surface area contributed by atoms with Crippen molar-refractivity contribution in [1.29, 1.82) is 0 Å². The number of hydrazone groups is 1. The van der Waals surface area contributed by atoms with Crippen LogP contribution in [0.15, 0.2) is 35.4 Å². The molecule has 0 saturated heterocycles. The zero-order chi connectivity index (χ0) is 7.94. The van der Waals surface area contributed by atoms with E-state index in [1.54, 1.807) is 7.05 Å². The second kappa shape index (κ2) is 4.31. The monoisotopic (exact) mass is 146 g/mol. The molecule has 0 amide bonds. The number of hydrogen-bond acceptors (Lipinski definition) is 2. The Balaban J connectivity index is 2.72. The van der Waals surface area contributed by atoms with Crippen molar-refractivity contribution in [3.05, 3.63) is 35.9 Å². The molecule has 1 N–H and O–H groups in total. The summed E-state index contributed by atoms with van der Waals surface area (Å²) in [6.45, 7) is 0. The van der Waals surface area contributed by atoms with Gasteiger partial charge in [-0.25, -0.2) is 0 Å². The highest BCUT2D eigenvalue weighted by Crippen LogP contribution is 1.97. The van der Waals surface area contributed by atoms with Gasteiger partial charge in [-0.05, 0) is 5.56 Å². The van der Waals surface area contributed by atoms with E-state index in [1.807, 2.05) is 36.4 Å². The molecule has 0 atom stereocenters. The van der Waals surface area contributed by atoms with Gasteiger partial charge in [0.2, 0.25) is 0 Å². The summed E-state index contributed by atoms with van der Waals surface area (Å²) in [4.78, 5) is 0. The number of rotatable bonds is 2. The van der Waals surface area contributed by atoms with Gasteiger partial charge in [0.15, 0.2) is 0 Å². The second-order valence-corrected chi connectivity index (χ2v) is 2.02. The van der Waals surface area contributed by atoms with Gasteiger partial charge in [-0.3, -0.25) is 0 Å². The zero-order valence-electron chi connectivity index (χ0n) is 6.41. The van der Waals surface area contributed by atoms with E-state index in [0.717, 1.165) is 5.56 Å². The van der Waals surface area contributed by atoms with E-state index in [0.29, 0.717) is 0 Å². The Bertz CT molecular complexity index is 258. The van der Waals surface area contributed by atoms with Crippen LogP contribution in [0, 0.1) is 0 Å². The molecule has 56 valence electrons. The van der Waals surface area contributed by atoms with Crippen molar-refractivity contribution in [1.82, 2.24) is 5.43 Å². The zero-order valence-corrected chi connectivity index (χ0v) is 6.41. The van der Waals surface area contributed by atoms with Gasteiger partial charge in [0.25, 0.3) is 0 Å². The van der Waals surface area contributed by atoms with Crippen molar-refractivity contribution in [3.63, 3.8) is 0 Å². The maximum Gasteiger partial charge on any atom is 0.0224 e. The van der Waals surface area contributed by atoms with E-state index in [1.165, 1.54) is 0 Å². The summed E-state index contributed by atoms with van der Waals surface area (Å²) in [6, 6.07) is 9.93. The SMILES string of the molecule is CNN=C=Cc1ccccc1. The standard InChI is InChI=1S/C9H10N2/c1-10-11-8-7-9-5-3-2-4-6-9/h2-7,10H,1H3. The average Bonchev–Trinajstić information content (AvgIpc) is 2.07. The van der Waals surface area contributed by atoms with Gasteiger partial charge in [0, 0.05) is 19.0 Å². The van der Waals surface area contributed by atoms with Crippen LogP contribution >= 0.6 is 0 Å². The van der Waals surface area contributed by atoms with Crippen molar-refractivity contribution in [3.8, 4) is 0 Å². The third-order valence-electron chi connectivity index (χ3n) is 1.21. The molecule has 11 heavy (non-hydrogen) atoms. The fourth-order valence-electron chi connectivity index (χ4n) is 0.721. The molecule has 0 unspecified atom stereocenters. The van der Waals surface area contributed by atoms with Crippen molar-refractivity contribution < 1.29 is 0 Å². The number of hydrogen-bond donors (Lipinski definition) is 1. The highest BCUT2D eigenvalue weighted by atomic mass is 15.2. The third kappa shape index (κ3) is 2.70. The molecule has 0 saturated carbocycles. The summed E-state index contributed by atoms with van der Waals surface area (Å²) < 4.78 is 0. The van der Waals surface area contributed by atoms with Crippen LogP contribution < -0.4 is 5.43 Å². The molecule has 2 nitrogen and oxygen atoms in total. The van der Waals surface area contributed by atoms with E-state index in [4.69, 9.17) is 0 Å². The number of nitrogens with one attached hydrogen (secondary N) is 1. The highest BCUT2D eigenvalue weighted by molar-refractivity contribution is 5.77. The molecule has 0 fully saturated rings. The van der Waals surface area contributed by atoms with Gasteiger partial charge >= 0.3 is 0 Å². The Morgan fingerprint density at radius 3 is 2.73 bits per heavy atom. The Labute approximate surface area is 66.3 Å². The maximum absolute atomic E-state index is 3.71. The Hall–Kier alpha value is -1.53. The van der Waals surface area contributed by atoms with Crippen molar-refractivity contribution >= 4 is 11.9 Å². The van der Waals surface area contributed by atoms with Gasteiger partial charge in [0.05, 0.1) is 0 Å². The van der Waals surface area contributed by atoms with Crippen molar-refractivity contribution in [2.75, 3.05) is 7.05 Å². The van der Waals surface area contributed by atoms with Crippen LogP contribution in [0.1, 0.15) is 5.56 Å². The van der Waals surface area contributed by atoms with Crippen LogP contribution in [0.4, 0.5) is 0 Å². The molecule has 0 aliphatic heterocycles. The topological polar surface area (TPSA) is 24.4 Å². The molecular weight excluding hydrogens is 136 g/mol.